The molecule has 2 heterocycles. The van der Waals surface area contributed by atoms with Crippen molar-refractivity contribution in [3.05, 3.63) is 23.0 Å². The van der Waals surface area contributed by atoms with Crippen LogP contribution in [0.1, 0.15) is 16.9 Å². The van der Waals surface area contributed by atoms with Crippen molar-refractivity contribution >= 4 is 17.6 Å². The summed E-state index contributed by atoms with van der Waals surface area (Å²) in [4.78, 5) is 11.5. The second-order valence-corrected chi connectivity index (χ2v) is 3.52. The number of nitrogens with zero attached hydrogens (tertiary/aromatic N) is 2. The van der Waals surface area contributed by atoms with Crippen LogP contribution in [0.2, 0.25) is 5.15 Å². The largest absolute Gasteiger partial charge is 0.455 e. The van der Waals surface area contributed by atoms with Gasteiger partial charge in [-0.25, -0.2) is 4.79 Å². The van der Waals surface area contributed by atoms with E-state index in [2.05, 4.69) is 10.2 Å². The summed E-state index contributed by atoms with van der Waals surface area (Å²) in [5.74, 6) is -0.491. The van der Waals surface area contributed by atoms with Crippen LogP contribution in [0.4, 0.5) is 0 Å². The smallest absolute Gasteiger partial charge is 0.359 e. The molecule has 0 aromatic carbocycles. The molecule has 1 atom stereocenters. The lowest BCUT2D eigenvalue weighted by Gasteiger charge is -2.08. The fourth-order valence-corrected chi connectivity index (χ4v) is 1.34. The first kappa shape index (κ1) is 10.3. The molecular weight excluding hydrogens is 220 g/mol. The summed E-state index contributed by atoms with van der Waals surface area (Å²) in [6.07, 6.45) is 0.558. The standard InChI is InChI=1S/C9H9ClN2O3/c10-8-2-1-7(11-12-8)9(13)15-6-3-4-14-5-6/h1-2,6H,3-5H2. The van der Waals surface area contributed by atoms with E-state index in [4.69, 9.17) is 21.1 Å². The SMILES string of the molecule is O=C(OC1CCOC1)c1ccc(Cl)nn1. The maximum absolute atomic E-state index is 11.5. The van der Waals surface area contributed by atoms with Gasteiger partial charge in [0.05, 0.1) is 13.2 Å². The van der Waals surface area contributed by atoms with Gasteiger partial charge in [0.15, 0.2) is 10.8 Å². The van der Waals surface area contributed by atoms with Gasteiger partial charge >= 0.3 is 5.97 Å². The molecule has 1 fully saturated rings. The highest BCUT2D eigenvalue weighted by Gasteiger charge is 2.21. The first-order valence-electron chi connectivity index (χ1n) is 4.53. The van der Waals surface area contributed by atoms with E-state index in [0.29, 0.717) is 13.2 Å². The summed E-state index contributed by atoms with van der Waals surface area (Å²) in [5, 5.41) is 7.43. The van der Waals surface area contributed by atoms with Crippen molar-refractivity contribution in [3.63, 3.8) is 0 Å². The third-order valence-electron chi connectivity index (χ3n) is 2.00. The molecule has 5 nitrogen and oxygen atoms in total. The lowest BCUT2D eigenvalue weighted by Crippen LogP contribution is -2.19. The number of esters is 1. The Morgan fingerprint density at radius 3 is 3.00 bits per heavy atom. The van der Waals surface area contributed by atoms with Crippen LogP contribution >= 0.6 is 11.6 Å². The minimum atomic E-state index is -0.491. The maximum atomic E-state index is 11.5. The zero-order chi connectivity index (χ0) is 10.7. The summed E-state index contributed by atoms with van der Waals surface area (Å²) >= 11 is 5.54. The molecule has 0 aliphatic carbocycles. The van der Waals surface area contributed by atoms with Gasteiger partial charge in [0.2, 0.25) is 0 Å². The van der Waals surface area contributed by atoms with Crippen molar-refractivity contribution in [2.45, 2.75) is 12.5 Å². The fraction of sp³-hybridized carbons (Fsp3) is 0.444. The number of rotatable bonds is 2. The maximum Gasteiger partial charge on any atom is 0.359 e. The summed E-state index contributed by atoms with van der Waals surface area (Å²) in [5.41, 5.74) is 0.159. The molecule has 6 heteroatoms. The Morgan fingerprint density at radius 1 is 1.53 bits per heavy atom. The Hall–Kier alpha value is -1.20. The van der Waals surface area contributed by atoms with E-state index in [1.807, 2.05) is 0 Å². The van der Waals surface area contributed by atoms with Gasteiger partial charge in [0.25, 0.3) is 0 Å². The molecule has 1 aliphatic rings. The number of ether oxygens (including phenoxy) is 2. The molecule has 0 amide bonds. The van der Waals surface area contributed by atoms with Gasteiger partial charge < -0.3 is 9.47 Å². The first-order valence-corrected chi connectivity index (χ1v) is 4.91. The molecule has 2 rings (SSSR count). The molecular formula is C9H9ClN2O3. The highest BCUT2D eigenvalue weighted by molar-refractivity contribution is 6.29. The van der Waals surface area contributed by atoms with Crippen LogP contribution in [0.25, 0.3) is 0 Å². The monoisotopic (exact) mass is 228 g/mol. The molecule has 1 unspecified atom stereocenters. The summed E-state index contributed by atoms with van der Waals surface area (Å²) in [6, 6.07) is 2.98. The number of carbonyl (C=O) groups is 1. The summed E-state index contributed by atoms with van der Waals surface area (Å²) < 4.78 is 10.2. The molecule has 1 aromatic rings. The van der Waals surface area contributed by atoms with Crippen LogP contribution in [-0.4, -0.2) is 35.5 Å². The molecule has 1 aliphatic heterocycles. The van der Waals surface area contributed by atoms with Crippen LogP contribution < -0.4 is 0 Å². The lowest BCUT2D eigenvalue weighted by atomic mass is 10.3. The van der Waals surface area contributed by atoms with E-state index in [-0.39, 0.29) is 17.0 Å². The second kappa shape index (κ2) is 4.55. The van der Waals surface area contributed by atoms with Gasteiger partial charge in [-0.3, -0.25) is 0 Å². The third kappa shape index (κ3) is 2.64. The van der Waals surface area contributed by atoms with Crippen molar-refractivity contribution in [2.75, 3.05) is 13.2 Å². The Morgan fingerprint density at radius 2 is 2.40 bits per heavy atom. The zero-order valence-electron chi connectivity index (χ0n) is 7.85. The average Bonchev–Trinajstić information content (AvgIpc) is 2.71. The van der Waals surface area contributed by atoms with Crippen molar-refractivity contribution in [1.29, 1.82) is 0 Å². The highest BCUT2D eigenvalue weighted by Crippen LogP contribution is 2.11. The van der Waals surface area contributed by atoms with E-state index in [9.17, 15) is 4.79 Å². The lowest BCUT2D eigenvalue weighted by molar-refractivity contribution is 0.0263. The fourth-order valence-electron chi connectivity index (χ4n) is 1.24. The van der Waals surface area contributed by atoms with Gasteiger partial charge in [-0.1, -0.05) is 11.6 Å². The topological polar surface area (TPSA) is 61.3 Å². The van der Waals surface area contributed by atoms with E-state index >= 15 is 0 Å². The van der Waals surface area contributed by atoms with Crippen molar-refractivity contribution in [2.24, 2.45) is 0 Å². The second-order valence-electron chi connectivity index (χ2n) is 3.13. The van der Waals surface area contributed by atoms with E-state index in [0.717, 1.165) is 6.42 Å². The van der Waals surface area contributed by atoms with Gasteiger partial charge in [-0.15, -0.1) is 10.2 Å². The molecule has 1 saturated heterocycles. The molecule has 1 aromatic heterocycles. The molecule has 0 spiro atoms. The van der Waals surface area contributed by atoms with Gasteiger partial charge in [-0.05, 0) is 12.1 Å². The van der Waals surface area contributed by atoms with Crippen molar-refractivity contribution < 1.29 is 14.3 Å². The number of hydrogen-bond acceptors (Lipinski definition) is 5. The molecule has 15 heavy (non-hydrogen) atoms. The van der Waals surface area contributed by atoms with Gasteiger partial charge in [0, 0.05) is 6.42 Å². The number of hydrogen-bond donors (Lipinski definition) is 0. The van der Waals surface area contributed by atoms with Crippen LogP contribution in [0.15, 0.2) is 12.1 Å². The Labute approximate surface area is 91.3 Å². The van der Waals surface area contributed by atoms with E-state index in [1.54, 1.807) is 0 Å². The summed E-state index contributed by atoms with van der Waals surface area (Å²) in [7, 11) is 0. The Balaban J connectivity index is 1.98. The quantitative estimate of drug-likeness (QED) is 0.709. The van der Waals surface area contributed by atoms with Crippen molar-refractivity contribution in [3.8, 4) is 0 Å². The van der Waals surface area contributed by atoms with Crippen molar-refractivity contribution in [1.82, 2.24) is 10.2 Å². The molecule has 0 saturated carbocycles. The van der Waals surface area contributed by atoms with Crippen LogP contribution in [0.3, 0.4) is 0 Å². The van der Waals surface area contributed by atoms with Crippen LogP contribution in [0, 0.1) is 0 Å². The predicted molar refractivity (Wildman–Crippen MR) is 51.7 cm³/mol. The minimum absolute atomic E-state index is 0.159. The average molecular weight is 229 g/mol. The van der Waals surface area contributed by atoms with Crippen LogP contribution in [-0.2, 0) is 9.47 Å². The van der Waals surface area contributed by atoms with Gasteiger partial charge in [0.1, 0.15) is 6.10 Å². The highest BCUT2D eigenvalue weighted by atomic mass is 35.5. The zero-order valence-corrected chi connectivity index (χ0v) is 8.61. The predicted octanol–water partition coefficient (Wildman–Crippen LogP) is 1.08. The Kier molecular flexibility index (Phi) is 3.13. The number of aromatic nitrogens is 2. The molecule has 0 bridgehead atoms. The number of halogens is 1. The van der Waals surface area contributed by atoms with E-state index in [1.165, 1.54) is 12.1 Å². The Bertz CT molecular complexity index is 349. The molecule has 0 radical (unpaired) electrons. The van der Waals surface area contributed by atoms with Crippen LogP contribution in [0.5, 0.6) is 0 Å². The normalized spacial score (nSPS) is 20.2. The van der Waals surface area contributed by atoms with E-state index < -0.39 is 5.97 Å². The molecule has 80 valence electrons. The summed E-state index contributed by atoms with van der Waals surface area (Å²) in [6.45, 7) is 1.08. The third-order valence-corrected chi connectivity index (χ3v) is 2.20. The minimum Gasteiger partial charge on any atom is -0.455 e. The van der Waals surface area contributed by atoms with Gasteiger partial charge in [-0.2, -0.15) is 0 Å². The molecule has 0 N–H and O–H groups in total. The first-order chi connectivity index (χ1) is 7.25. The number of carbonyl (C=O) groups excluding carboxylic acids is 1.